The van der Waals surface area contributed by atoms with Crippen LogP contribution in [0.1, 0.15) is 5.56 Å². The maximum atomic E-state index is 4.98. The zero-order valence-corrected chi connectivity index (χ0v) is 32.1. The minimum atomic E-state index is 0.765. The van der Waals surface area contributed by atoms with Gasteiger partial charge in [0.15, 0.2) is 6.54 Å². The fraction of sp³-hybridized carbons (Fsp3) is 0.0185. The number of benzene rings is 7. The molecule has 5 nitrogen and oxygen atoms in total. The third kappa shape index (κ3) is 5.43. The zero-order chi connectivity index (χ0) is 38.9. The molecule has 5 heteroatoms. The lowest BCUT2D eigenvalue weighted by Gasteiger charge is -2.15. The van der Waals surface area contributed by atoms with Gasteiger partial charge in [-0.2, -0.15) is 0 Å². The molecule has 276 valence electrons. The Balaban J connectivity index is 1.05. The molecule has 59 heavy (non-hydrogen) atoms. The van der Waals surface area contributed by atoms with Crippen LogP contribution < -0.4 is 4.57 Å². The molecule has 1 aliphatic rings. The molecule has 4 aromatic heterocycles. The fourth-order valence-corrected chi connectivity index (χ4v) is 9.12. The van der Waals surface area contributed by atoms with E-state index in [9.17, 15) is 0 Å². The Bertz CT molecular complexity index is 3400. The zero-order valence-electron chi connectivity index (χ0n) is 32.1. The molecule has 11 aromatic rings. The highest BCUT2D eigenvalue weighted by molar-refractivity contribution is 6.22. The topological polar surface area (TPSA) is 38.5 Å². The second-order valence-electron chi connectivity index (χ2n) is 15.3. The van der Waals surface area contributed by atoms with Gasteiger partial charge in [0.05, 0.1) is 23.1 Å². The Kier molecular flexibility index (Phi) is 7.53. The monoisotopic (exact) mass is 754 g/mol. The van der Waals surface area contributed by atoms with Crippen molar-refractivity contribution in [1.29, 1.82) is 0 Å². The van der Waals surface area contributed by atoms with Gasteiger partial charge in [0.1, 0.15) is 5.65 Å². The van der Waals surface area contributed by atoms with E-state index >= 15 is 0 Å². The fourth-order valence-electron chi connectivity index (χ4n) is 9.12. The van der Waals surface area contributed by atoms with E-state index < -0.39 is 0 Å². The second kappa shape index (κ2) is 13.4. The van der Waals surface area contributed by atoms with Crippen molar-refractivity contribution in [3.05, 3.63) is 212 Å². The van der Waals surface area contributed by atoms with E-state index in [-0.39, 0.29) is 0 Å². The summed E-state index contributed by atoms with van der Waals surface area (Å²) in [7, 11) is 0. The molecular formula is C54H36N5+. The predicted molar refractivity (Wildman–Crippen MR) is 242 cm³/mol. The number of imidazole rings is 1. The summed E-state index contributed by atoms with van der Waals surface area (Å²) in [6, 6.07) is 67.8. The lowest BCUT2D eigenvalue weighted by molar-refractivity contribution is -0.664. The van der Waals surface area contributed by atoms with Crippen LogP contribution in [0, 0.1) is 0 Å². The summed E-state index contributed by atoms with van der Waals surface area (Å²) in [5.41, 5.74) is 14.7. The predicted octanol–water partition coefficient (Wildman–Crippen LogP) is 12.7. The normalized spacial score (nSPS) is 12.4. The van der Waals surface area contributed by atoms with E-state index in [1.807, 2.05) is 30.5 Å². The van der Waals surface area contributed by atoms with E-state index in [0.717, 1.165) is 46.2 Å². The average molecular weight is 755 g/mol. The highest BCUT2D eigenvalue weighted by atomic mass is 15.1. The molecule has 0 aliphatic carbocycles. The summed E-state index contributed by atoms with van der Waals surface area (Å²) < 4.78 is 6.76. The van der Waals surface area contributed by atoms with Gasteiger partial charge in [-0.05, 0) is 85.9 Å². The first kappa shape index (κ1) is 33.3. The third-order valence-electron chi connectivity index (χ3n) is 11.9. The van der Waals surface area contributed by atoms with Gasteiger partial charge >= 0.3 is 5.82 Å². The van der Waals surface area contributed by atoms with Crippen LogP contribution >= 0.6 is 0 Å². The quantitative estimate of drug-likeness (QED) is 0.123. The molecule has 12 rings (SSSR count). The van der Waals surface area contributed by atoms with Crippen molar-refractivity contribution in [2.75, 3.05) is 0 Å². The highest BCUT2D eigenvalue weighted by Gasteiger charge is 2.26. The maximum Gasteiger partial charge on any atom is 0.323 e. The molecule has 0 fully saturated rings. The number of aliphatic imine (C=N–C) groups is 1. The van der Waals surface area contributed by atoms with Gasteiger partial charge in [-0.3, -0.25) is 0 Å². The van der Waals surface area contributed by atoms with Crippen LogP contribution in [0.5, 0.6) is 0 Å². The molecule has 0 atom stereocenters. The molecule has 0 saturated carbocycles. The molecular weight excluding hydrogens is 719 g/mol. The van der Waals surface area contributed by atoms with E-state index in [1.54, 1.807) is 0 Å². The molecule has 7 aromatic carbocycles. The van der Waals surface area contributed by atoms with Crippen molar-refractivity contribution >= 4 is 49.6 Å². The first-order valence-corrected chi connectivity index (χ1v) is 20.1. The Labute approximate surface area is 341 Å². The van der Waals surface area contributed by atoms with Crippen LogP contribution in [0.2, 0.25) is 0 Å². The molecule has 0 radical (unpaired) electrons. The molecule has 0 N–H and O–H groups in total. The SMILES string of the molecule is c1ccc(-c2c(-c3ccccc3)n(-c3ccc(C4=Nc5cccc[n+]5C4)cc3)c3c2ccc2c4cccc(-c5ccc(-c6cn7ccccc7n6)cc5)c4ccc23)cc1. The van der Waals surface area contributed by atoms with Crippen LogP contribution in [-0.2, 0) is 6.54 Å². The van der Waals surface area contributed by atoms with E-state index in [2.05, 4.69) is 190 Å². The molecule has 0 unspecified atom stereocenters. The minimum Gasteiger partial charge on any atom is -0.308 e. The summed E-state index contributed by atoms with van der Waals surface area (Å²) in [6.07, 6.45) is 6.23. The number of hydrogen-bond acceptors (Lipinski definition) is 2. The Morgan fingerprint density at radius 3 is 1.95 bits per heavy atom. The van der Waals surface area contributed by atoms with Crippen LogP contribution in [-0.4, -0.2) is 19.7 Å². The third-order valence-corrected chi connectivity index (χ3v) is 11.9. The maximum absolute atomic E-state index is 4.98. The van der Waals surface area contributed by atoms with Crippen LogP contribution in [0.15, 0.2) is 212 Å². The number of rotatable bonds is 6. The number of nitrogens with zero attached hydrogens (tertiary/aromatic N) is 5. The van der Waals surface area contributed by atoms with E-state index in [1.165, 1.54) is 66.0 Å². The number of aromatic nitrogens is 4. The van der Waals surface area contributed by atoms with Gasteiger partial charge in [-0.1, -0.05) is 140 Å². The molecule has 0 spiro atoms. The van der Waals surface area contributed by atoms with Crippen molar-refractivity contribution in [2.45, 2.75) is 6.54 Å². The summed E-state index contributed by atoms with van der Waals surface area (Å²) >= 11 is 0. The number of hydrogen-bond donors (Lipinski definition) is 0. The van der Waals surface area contributed by atoms with Gasteiger partial charge in [0.25, 0.3) is 0 Å². The average Bonchev–Trinajstić information content (AvgIpc) is 4.04. The largest absolute Gasteiger partial charge is 0.323 e. The van der Waals surface area contributed by atoms with Gasteiger partial charge in [-0.25, -0.2) is 9.55 Å². The standard InChI is InChI=1S/C54H36N5/c1-3-12-39(13-4-1)52-47-31-29-45-43-17-11-16-42(36-20-22-37(23-21-36)48-34-57-32-9-7-18-50(57)55-48)44(43)28-30-46(45)54(47)59(53(52)40-14-5-2-6-15-40)41-26-24-38(25-27-41)49-35-58-33-10-8-19-51(58)56-49/h1-34H,35H2/q+1. The molecule has 1 aliphatic heterocycles. The van der Waals surface area contributed by atoms with Crippen molar-refractivity contribution in [1.82, 2.24) is 14.0 Å². The van der Waals surface area contributed by atoms with Gasteiger partial charge in [0.2, 0.25) is 5.71 Å². The van der Waals surface area contributed by atoms with Crippen LogP contribution in [0.3, 0.4) is 0 Å². The Hall–Kier alpha value is -7.89. The van der Waals surface area contributed by atoms with Crippen molar-refractivity contribution in [3.8, 4) is 50.5 Å². The number of fused-ring (bicyclic) bond motifs is 7. The van der Waals surface area contributed by atoms with E-state index in [4.69, 9.17) is 9.98 Å². The second-order valence-corrected chi connectivity index (χ2v) is 15.3. The Morgan fingerprint density at radius 2 is 1.15 bits per heavy atom. The first-order chi connectivity index (χ1) is 29.2. The van der Waals surface area contributed by atoms with Crippen molar-refractivity contribution in [3.63, 3.8) is 0 Å². The van der Waals surface area contributed by atoms with Gasteiger partial charge in [-0.15, -0.1) is 0 Å². The summed E-state index contributed by atoms with van der Waals surface area (Å²) in [6.45, 7) is 0.765. The molecule has 0 amide bonds. The van der Waals surface area contributed by atoms with Crippen molar-refractivity contribution < 1.29 is 4.57 Å². The van der Waals surface area contributed by atoms with Crippen LogP contribution in [0.25, 0.3) is 88.6 Å². The summed E-state index contributed by atoms with van der Waals surface area (Å²) in [5.74, 6) is 0.990. The highest BCUT2D eigenvalue weighted by Crippen LogP contribution is 2.46. The van der Waals surface area contributed by atoms with Gasteiger partial charge in [0, 0.05) is 51.6 Å². The Morgan fingerprint density at radius 1 is 0.475 bits per heavy atom. The van der Waals surface area contributed by atoms with E-state index in [0.29, 0.717) is 0 Å². The summed E-state index contributed by atoms with van der Waals surface area (Å²) in [5, 5.41) is 6.11. The van der Waals surface area contributed by atoms with Gasteiger partial charge < -0.3 is 8.97 Å². The van der Waals surface area contributed by atoms with Crippen molar-refractivity contribution in [2.24, 2.45) is 4.99 Å². The number of pyridine rings is 2. The smallest absolute Gasteiger partial charge is 0.308 e. The first-order valence-electron chi connectivity index (χ1n) is 20.1. The molecule has 5 heterocycles. The summed E-state index contributed by atoms with van der Waals surface area (Å²) in [4.78, 5) is 9.83. The lowest BCUT2D eigenvalue weighted by Crippen LogP contribution is -2.32. The molecule has 0 bridgehead atoms. The lowest BCUT2D eigenvalue weighted by atomic mass is 9.92. The molecule has 0 saturated heterocycles. The minimum absolute atomic E-state index is 0.765. The van der Waals surface area contributed by atoms with Crippen LogP contribution in [0.4, 0.5) is 5.82 Å².